The molecule has 0 saturated carbocycles. The first kappa shape index (κ1) is 22.0. The Balaban J connectivity index is 2.15. The van der Waals surface area contributed by atoms with Crippen molar-refractivity contribution in [1.82, 2.24) is 5.43 Å². The lowest BCUT2D eigenvalue weighted by molar-refractivity contribution is -0.361. The van der Waals surface area contributed by atoms with Crippen LogP contribution in [0.25, 0.3) is 0 Å². The highest BCUT2D eigenvalue weighted by atomic mass is 79.9. The van der Waals surface area contributed by atoms with Gasteiger partial charge in [-0.25, -0.2) is 5.43 Å². The van der Waals surface area contributed by atoms with Crippen LogP contribution < -0.4 is 10.2 Å². The summed E-state index contributed by atoms with van der Waals surface area (Å²) in [5.74, 6) is -6.15. The zero-order valence-electron chi connectivity index (χ0n) is 13.8. The van der Waals surface area contributed by atoms with Gasteiger partial charge in [0.2, 0.25) is 0 Å². The summed E-state index contributed by atoms with van der Waals surface area (Å²) in [6, 6.07) is 7.63. The van der Waals surface area contributed by atoms with Gasteiger partial charge in [0.15, 0.2) is 0 Å². The lowest BCUT2D eigenvalue weighted by Gasteiger charge is -2.27. The van der Waals surface area contributed by atoms with Crippen molar-refractivity contribution in [3.63, 3.8) is 0 Å². The van der Waals surface area contributed by atoms with Gasteiger partial charge in [0.25, 0.3) is 0 Å². The molecule has 28 heavy (non-hydrogen) atoms. The van der Waals surface area contributed by atoms with E-state index in [0.717, 1.165) is 5.56 Å². The van der Waals surface area contributed by atoms with Crippen molar-refractivity contribution < 1.29 is 35.5 Å². The first-order valence-corrected chi connectivity index (χ1v) is 8.32. The van der Waals surface area contributed by atoms with E-state index < -0.39 is 18.1 Å². The minimum absolute atomic E-state index is 0.0731. The molecule has 2 aromatic carbocycles. The van der Waals surface area contributed by atoms with Crippen LogP contribution in [-0.4, -0.2) is 24.4 Å². The maximum absolute atomic E-state index is 13.2. The molecule has 2 aromatic rings. The first-order valence-electron chi connectivity index (χ1n) is 7.53. The number of hydrogen-bond donors (Lipinski definition) is 1. The Morgan fingerprint density at radius 3 is 2.21 bits per heavy atom. The molecule has 152 valence electrons. The van der Waals surface area contributed by atoms with E-state index in [4.69, 9.17) is 4.74 Å². The van der Waals surface area contributed by atoms with E-state index in [0.29, 0.717) is 16.1 Å². The molecule has 1 N–H and O–H groups in total. The zero-order valence-corrected chi connectivity index (χ0v) is 15.4. The average molecular weight is 473 g/mol. The summed E-state index contributed by atoms with van der Waals surface area (Å²) >= 11 is 3.13. The highest BCUT2D eigenvalue weighted by molar-refractivity contribution is 9.10. The Hall–Kier alpha value is -2.30. The van der Waals surface area contributed by atoms with E-state index in [1.54, 1.807) is 36.4 Å². The number of nitrogens with zero attached hydrogens (tertiary/aromatic N) is 1. The number of hydrazone groups is 1. The molecular formula is C17H12BrF7N2O. The van der Waals surface area contributed by atoms with Gasteiger partial charge in [-0.1, -0.05) is 46.3 Å². The molecule has 0 bridgehead atoms. The minimum Gasteiger partial charge on any atom is -0.488 e. The molecular weight excluding hydrogens is 461 g/mol. The molecule has 0 aromatic heterocycles. The van der Waals surface area contributed by atoms with Crippen LogP contribution in [0.2, 0.25) is 0 Å². The Kier molecular flexibility index (Phi) is 6.58. The molecule has 0 fully saturated rings. The summed E-state index contributed by atoms with van der Waals surface area (Å²) in [6.45, 7) is 0.110. The standard InChI is InChI=1S/C17H12BrF7N2O/c18-13-6-7-14(28-10-11-4-2-1-3-5-11)12(8-13)9-26-27-17(24,25)15(19,20)16(21,22)23/h1-9,27H,10H2/b26-9+. The van der Waals surface area contributed by atoms with Gasteiger partial charge in [0.05, 0.1) is 6.21 Å². The van der Waals surface area contributed by atoms with Gasteiger partial charge in [0.1, 0.15) is 12.4 Å². The molecule has 0 heterocycles. The molecule has 0 amide bonds. The van der Waals surface area contributed by atoms with E-state index in [1.807, 2.05) is 0 Å². The molecule has 0 aliphatic heterocycles. The smallest absolute Gasteiger partial charge is 0.462 e. The minimum atomic E-state index is -6.45. The van der Waals surface area contributed by atoms with Gasteiger partial charge < -0.3 is 4.74 Å². The summed E-state index contributed by atoms with van der Waals surface area (Å²) < 4.78 is 94.4. The summed E-state index contributed by atoms with van der Waals surface area (Å²) in [6.07, 6.45) is -5.79. The predicted octanol–water partition coefficient (Wildman–Crippen LogP) is 5.74. The van der Waals surface area contributed by atoms with Crippen LogP contribution in [0.15, 0.2) is 58.1 Å². The van der Waals surface area contributed by atoms with Gasteiger partial charge in [-0.3, -0.25) is 0 Å². The van der Waals surface area contributed by atoms with Crippen LogP contribution in [0.4, 0.5) is 30.7 Å². The van der Waals surface area contributed by atoms with E-state index in [9.17, 15) is 30.7 Å². The summed E-state index contributed by atoms with van der Waals surface area (Å²) in [7, 11) is 0. The molecule has 0 aliphatic rings. The van der Waals surface area contributed by atoms with Crippen molar-refractivity contribution in [3.8, 4) is 5.75 Å². The average Bonchev–Trinajstić information content (AvgIpc) is 2.60. The van der Waals surface area contributed by atoms with Gasteiger partial charge in [-0.05, 0) is 23.8 Å². The largest absolute Gasteiger partial charge is 0.488 e. The lowest BCUT2D eigenvalue weighted by atomic mass is 10.2. The predicted molar refractivity (Wildman–Crippen MR) is 91.6 cm³/mol. The molecule has 3 nitrogen and oxygen atoms in total. The van der Waals surface area contributed by atoms with E-state index in [1.165, 1.54) is 12.1 Å². The van der Waals surface area contributed by atoms with Gasteiger partial charge >= 0.3 is 18.1 Å². The zero-order chi connectivity index (χ0) is 21.0. The molecule has 2 rings (SSSR count). The normalized spacial score (nSPS) is 13.0. The number of nitrogens with one attached hydrogen (secondary N) is 1. The molecule has 0 aliphatic carbocycles. The third kappa shape index (κ3) is 5.15. The Morgan fingerprint density at radius 1 is 0.964 bits per heavy atom. The number of rotatable bonds is 7. The van der Waals surface area contributed by atoms with Crippen LogP contribution in [0.3, 0.4) is 0 Å². The topological polar surface area (TPSA) is 33.6 Å². The number of hydrogen-bond acceptors (Lipinski definition) is 3. The van der Waals surface area contributed by atoms with Crippen LogP contribution >= 0.6 is 15.9 Å². The van der Waals surface area contributed by atoms with Crippen LogP contribution in [-0.2, 0) is 6.61 Å². The fraction of sp³-hybridized carbons (Fsp3) is 0.235. The fourth-order valence-electron chi connectivity index (χ4n) is 1.92. The Bertz CT molecular complexity index is 826. The van der Waals surface area contributed by atoms with Crippen LogP contribution in [0, 0.1) is 0 Å². The highest BCUT2D eigenvalue weighted by Gasteiger charge is 2.73. The number of ether oxygens (including phenoxy) is 1. The van der Waals surface area contributed by atoms with Crippen molar-refractivity contribution in [1.29, 1.82) is 0 Å². The van der Waals surface area contributed by atoms with Gasteiger partial charge in [-0.15, -0.1) is 0 Å². The quantitative estimate of drug-likeness (QED) is 0.241. The van der Waals surface area contributed by atoms with E-state index >= 15 is 0 Å². The van der Waals surface area contributed by atoms with E-state index in [-0.39, 0.29) is 17.9 Å². The number of benzene rings is 2. The first-order chi connectivity index (χ1) is 12.9. The van der Waals surface area contributed by atoms with Crippen molar-refractivity contribution in [2.45, 2.75) is 24.8 Å². The maximum Gasteiger partial charge on any atom is 0.462 e. The van der Waals surface area contributed by atoms with Crippen molar-refractivity contribution >= 4 is 22.1 Å². The molecule has 0 radical (unpaired) electrons. The van der Waals surface area contributed by atoms with Gasteiger partial charge in [0, 0.05) is 10.0 Å². The number of halogens is 8. The van der Waals surface area contributed by atoms with Gasteiger partial charge in [-0.2, -0.15) is 35.8 Å². The SMILES string of the molecule is FC(F)(F)C(F)(F)C(F)(F)N/N=C/c1cc(Br)ccc1OCc1ccccc1. The molecule has 0 saturated heterocycles. The molecule has 0 atom stereocenters. The Labute approximate surface area is 163 Å². The maximum atomic E-state index is 13.2. The van der Waals surface area contributed by atoms with Crippen molar-refractivity contribution in [3.05, 3.63) is 64.1 Å². The third-order valence-corrected chi connectivity index (χ3v) is 3.86. The summed E-state index contributed by atoms with van der Waals surface area (Å²) in [5.41, 5.74) is 1.44. The van der Waals surface area contributed by atoms with Crippen molar-refractivity contribution in [2.75, 3.05) is 0 Å². The third-order valence-electron chi connectivity index (χ3n) is 3.37. The molecule has 0 unspecified atom stereocenters. The fourth-order valence-corrected chi connectivity index (χ4v) is 2.30. The monoisotopic (exact) mass is 472 g/mol. The second kappa shape index (κ2) is 8.38. The molecule has 11 heteroatoms. The van der Waals surface area contributed by atoms with Crippen LogP contribution in [0.1, 0.15) is 11.1 Å². The van der Waals surface area contributed by atoms with Crippen molar-refractivity contribution in [2.24, 2.45) is 5.10 Å². The summed E-state index contributed by atoms with van der Waals surface area (Å²) in [4.78, 5) is 0. The second-order valence-electron chi connectivity index (χ2n) is 5.47. The lowest BCUT2D eigenvalue weighted by Crippen LogP contribution is -2.58. The number of alkyl halides is 7. The van der Waals surface area contributed by atoms with E-state index in [2.05, 4.69) is 21.0 Å². The molecule has 0 spiro atoms. The highest BCUT2D eigenvalue weighted by Crippen LogP contribution is 2.45. The second-order valence-corrected chi connectivity index (χ2v) is 6.39. The van der Waals surface area contributed by atoms with Crippen LogP contribution in [0.5, 0.6) is 5.75 Å². The Morgan fingerprint density at radius 2 is 1.61 bits per heavy atom. The summed E-state index contributed by atoms with van der Waals surface area (Å²) in [5, 5.41) is 2.84.